The number of hydrogen-bond acceptors (Lipinski definition) is 3. The summed E-state index contributed by atoms with van der Waals surface area (Å²) >= 11 is 5.89. The Kier molecular flexibility index (Phi) is 5.10. The lowest BCUT2D eigenvalue weighted by Crippen LogP contribution is -2.12. The van der Waals surface area contributed by atoms with E-state index in [4.69, 9.17) is 11.6 Å². The molecule has 0 aliphatic heterocycles. The van der Waals surface area contributed by atoms with E-state index in [1.807, 2.05) is 18.2 Å². The average Bonchev–Trinajstić information content (AvgIpc) is 2.60. The van der Waals surface area contributed by atoms with Gasteiger partial charge in [0.15, 0.2) is 5.78 Å². The number of nitro groups is 1. The van der Waals surface area contributed by atoms with Crippen LogP contribution in [0.5, 0.6) is 0 Å². The first-order valence-electron chi connectivity index (χ1n) is 7.99. The lowest BCUT2D eigenvalue weighted by molar-refractivity contribution is -0.385. The molecule has 0 N–H and O–H groups in total. The van der Waals surface area contributed by atoms with Crippen LogP contribution in [0.4, 0.5) is 5.69 Å². The molecular weight excluding hydrogens is 338 g/mol. The Morgan fingerprint density at radius 2 is 1.60 bits per heavy atom. The Bertz CT molecular complexity index is 882. The summed E-state index contributed by atoms with van der Waals surface area (Å²) in [5.74, 6) is -0.0423. The van der Waals surface area contributed by atoms with E-state index >= 15 is 0 Å². The van der Waals surface area contributed by atoms with E-state index in [9.17, 15) is 14.9 Å². The zero-order valence-electron chi connectivity index (χ0n) is 13.4. The first kappa shape index (κ1) is 17.1. The second-order valence-electron chi connectivity index (χ2n) is 5.89. The fraction of sp³-hybridized carbons (Fsp3) is 0.150. The Labute approximate surface area is 150 Å². The molecule has 1 aliphatic rings. The molecule has 1 fully saturated rings. The highest BCUT2D eigenvalue weighted by Gasteiger charge is 2.22. The molecule has 0 spiro atoms. The number of halogens is 1. The van der Waals surface area contributed by atoms with Crippen LogP contribution in [0.25, 0.3) is 12.2 Å². The number of carbonyl (C=O) groups is 1. The minimum absolute atomic E-state index is 0.0107. The van der Waals surface area contributed by atoms with Gasteiger partial charge in [-0.25, -0.2) is 0 Å². The Balaban J connectivity index is 1.92. The summed E-state index contributed by atoms with van der Waals surface area (Å²) < 4.78 is 0. The largest absolute Gasteiger partial charge is 0.289 e. The Morgan fingerprint density at radius 1 is 0.960 bits per heavy atom. The summed E-state index contributed by atoms with van der Waals surface area (Å²) in [5, 5.41) is 11.8. The summed E-state index contributed by atoms with van der Waals surface area (Å²) in [5.41, 5.74) is 2.72. The number of nitrogens with zero attached hydrogens (tertiary/aromatic N) is 1. The van der Waals surface area contributed by atoms with Crippen LogP contribution in [-0.2, 0) is 4.79 Å². The molecule has 0 unspecified atom stereocenters. The average molecular weight is 354 g/mol. The van der Waals surface area contributed by atoms with Crippen molar-refractivity contribution in [1.82, 2.24) is 0 Å². The monoisotopic (exact) mass is 353 g/mol. The summed E-state index contributed by atoms with van der Waals surface area (Å²) in [6, 6.07) is 13.8. The van der Waals surface area contributed by atoms with Crippen LogP contribution in [0.1, 0.15) is 30.4 Å². The third-order valence-electron chi connectivity index (χ3n) is 4.15. The molecule has 2 aromatic rings. The lowest BCUT2D eigenvalue weighted by Gasteiger charge is -2.16. The van der Waals surface area contributed by atoms with Crippen molar-refractivity contribution in [2.75, 3.05) is 0 Å². The molecule has 0 amide bonds. The molecule has 3 rings (SSSR count). The van der Waals surface area contributed by atoms with Gasteiger partial charge in [0.25, 0.3) is 5.69 Å². The van der Waals surface area contributed by atoms with Crippen LogP contribution in [-0.4, -0.2) is 10.7 Å². The number of nitro benzene ring substituents is 1. The third kappa shape index (κ3) is 4.03. The molecule has 0 radical (unpaired) electrons. The first-order valence-corrected chi connectivity index (χ1v) is 8.37. The van der Waals surface area contributed by atoms with E-state index in [0.29, 0.717) is 29.0 Å². The van der Waals surface area contributed by atoms with Gasteiger partial charge in [0, 0.05) is 22.2 Å². The van der Waals surface area contributed by atoms with Gasteiger partial charge < -0.3 is 0 Å². The highest BCUT2D eigenvalue weighted by Crippen LogP contribution is 2.30. The standard InChI is InChI=1S/C20H16ClNO3/c21-18-10-8-14(9-11-18)12-16-5-3-6-17(20(16)23)13-15-4-1-2-7-19(15)22(24)25/h1-2,4,7-13H,3,5-6H2/b16-12+,17-13-. The number of benzene rings is 2. The van der Waals surface area contributed by atoms with Crippen molar-refractivity contribution in [2.45, 2.75) is 19.3 Å². The fourth-order valence-corrected chi connectivity index (χ4v) is 3.03. The first-order chi connectivity index (χ1) is 12.0. The maximum absolute atomic E-state index is 12.7. The van der Waals surface area contributed by atoms with Crippen LogP contribution < -0.4 is 0 Å². The smallest absolute Gasteiger partial charge is 0.276 e. The second-order valence-corrected chi connectivity index (χ2v) is 6.33. The Hall–Kier alpha value is -2.72. The van der Waals surface area contributed by atoms with Crippen molar-refractivity contribution in [3.63, 3.8) is 0 Å². The normalized spacial score (nSPS) is 17.9. The molecule has 0 heterocycles. The fourth-order valence-electron chi connectivity index (χ4n) is 2.90. The number of rotatable bonds is 3. The molecule has 126 valence electrons. The predicted molar refractivity (Wildman–Crippen MR) is 99.4 cm³/mol. The lowest BCUT2D eigenvalue weighted by atomic mass is 9.86. The number of para-hydroxylation sites is 1. The SMILES string of the molecule is O=C1/C(=C\c2ccccc2[N+](=O)[O-])CCC/C1=C\c1ccc(Cl)cc1. The quantitative estimate of drug-likeness (QED) is 0.417. The molecule has 0 saturated heterocycles. The van der Waals surface area contributed by atoms with Crippen molar-refractivity contribution >= 4 is 35.2 Å². The minimum atomic E-state index is -0.426. The van der Waals surface area contributed by atoms with Gasteiger partial charge in [-0.05, 0) is 55.2 Å². The van der Waals surface area contributed by atoms with Crippen LogP contribution in [0, 0.1) is 10.1 Å². The molecule has 25 heavy (non-hydrogen) atoms. The molecule has 0 aromatic heterocycles. The van der Waals surface area contributed by atoms with Gasteiger partial charge in [-0.3, -0.25) is 14.9 Å². The third-order valence-corrected chi connectivity index (χ3v) is 4.40. The van der Waals surface area contributed by atoms with Crippen molar-refractivity contribution in [1.29, 1.82) is 0 Å². The van der Waals surface area contributed by atoms with Gasteiger partial charge >= 0.3 is 0 Å². The van der Waals surface area contributed by atoms with Gasteiger partial charge in [0.1, 0.15) is 0 Å². The summed E-state index contributed by atoms with van der Waals surface area (Å²) in [6.45, 7) is 0. The predicted octanol–water partition coefficient (Wildman–Crippen LogP) is 5.47. The van der Waals surface area contributed by atoms with E-state index in [0.717, 1.165) is 17.6 Å². The molecule has 2 aromatic carbocycles. The maximum atomic E-state index is 12.7. The molecule has 5 heteroatoms. The van der Waals surface area contributed by atoms with Crippen LogP contribution in [0.15, 0.2) is 59.7 Å². The highest BCUT2D eigenvalue weighted by atomic mass is 35.5. The van der Waals surface area contributed by atoms with Gasteiger partial charge in [-0.1, -0.05) is 35.9 Å². The molecule has 4 nitrogen and oxygen atoms in total. The van der Waals surface area contributed by atoms with Crippen molar-refractivity contribution in [3.05, 3.63) is 85.9 Å². The molecule has 1 saturated carbocycles. The van der Waals surface area contributed by atoms with Gasteiger partial charge in [0.2, 0.25) is 0 Å². The van der Waals surface area contributed by atoms with Gasteiger partial charge in [-0.2, -0.15) is 0 Å². The van der Waals surface area contributed by atoms with E-state index in [1.54, 1.807) is 36.4 Å². The summed E-state index contributed by atoms with van der Waals surface area (Å²) in [7, 11) is 0. The minimum Gasteiger partial charge on any atom is -0.289 e. The molecule has 1 aliphatic carbocycles. The summed E-state index contributed by atoms with van der Waals surface area (Å²) in [4.78, 5) is 23.5. The zero-order chi connectivity index (χ0) is 17.8. The van der Waals surface area contributed by atoms with Crippen molar-refractivity contribution < 1.29 is 9.72 Å². The topological polar surface area (TPSA) is 60.2 Å². The summed E-state index contributed by atoms with van der Waals surface area (Å²) in [6.07, 6.45) is 5.69. The van der Waals surface area contributed by atoms with Gasteiger partial charge in [0.05, 0.1) is 10.5 Å². The van der Waals surface area contributed by atoms with E-state index in [2.05, 4.69) is 0 Å². The number of Topliss-reactive ketones (excluding diaryl/α,β-unsaturated/α-hetero) is 1. The van der Waals surface area contributed by atoms with Gasteiger partial charge in [-0.15, -0.1) is 0 Å². The number of allylic oxidation sites excluding steroid dienone is 2. The molecule has 0 atom stereocenters. The Morgan fingerprint density at radius 3 is 2.28 bits per heavy atom. The second kappa shape index (κ2) is 7.45. The zero-order valence-corrected chi connectivity index (χ0v) is 14.2. The van der Waals surface area contributed by atoms with E-state index in [-0.39, 0.29) is 11.5 Å². The number of ketones is 1. The maximum Gasteiger partial charge on any atom is 0.276 e. The number of hydrogen-bond donors (Lipinski definition) is 0. The van der Waals surface area contributed by atoms with Crippen molar-refractivity contribution in [2.24, 2.45) is 0 Å². The van der Waals surface area contributed by atoms with Crippen LogP contribution in [0.3, 0.4) is 0 Å². The van der Waals surface area contributed by atoms with E-state index < -0.39 is 4.92 Å². The highest BCUT2D eigenvalue weighted by molar-refractivity contribution is 6.30. The van der Waals surface area contributed by atoms with Crippen LogP contribution in [0.2, 0.25) is 5.02 Å². The number of carbonyl (C=O) groups excluding carboxylic acids is 1. The van der Waals surface area contributed by atoms with Crippen LogP contribution >= 0.6 is 11.6 Å². The molecule has 0 bridgehead atoms. The molecular formula is C20H16ClNO3. The van der Waals surface area contributed by atoms with E-state index in [1.165, 1.54) is 6.07 Å². The van der Waals surface area contributed by atoms with Crippen molar-refractivity contribution in [3.8, 4) is 0 Å².